The van der Waals surface area contributed by atoms with Crippen molar-refractivity contribution in [3.63, 3.8) is 0 Å². The maximum Gasteiger partial charge on any atom is 0.380 e. The minimum atomic E-state index is -5.49. The summed E-state index contributed by atoms with van der Waals surface area (Å²) in [6.45, 7) is 6.00. The minimum Gasteiger partial charge on any atom is -0.194 e. The van der Waals surface area contributed by atoms with Crippen molar-refractivity contribution in [3.8, 4) is 0 Å². The smallest absolute Gasteiger partial charge is 0.194 e. The van der Waals surface area contributed by atoms with Gasteiger partial charge in [0.05, 0.1) is 5.57 Å². The van der Waals surface area contributed by atoms with Crippen LogP contribution < -0.4 is 0 Å². The van der Waals surface area contributed by atoms with Gasteiger partial charge in [-0.15, -0.1) is 22.7 Å². The molecule has 0 saturated heterocycles. The topological polar surface area (TPSA) is 0 Å². The molecule has 3 rings (SSSR count). The van der Waals surface area contributed by atoms with Gasteiger partial charge < -0.3 is 0 Å². The third kappa shape index (κ3) is 2.26. The molecule has 0 aromatic carbocycles. The summed E-state index contributed by atoms with van der Waals surface area (Å²) in [5, 5.41) is 1.51. The molecule has 0 fully saturated rings. The number of rotatable bonds is 2. The first kappa shape index (κ1) is 18.5. The number of hydrogen-bond donors (Lipinski definition) is 0. The second-order valence-electron chi connectivity index (χ2n) is 6.19. The van der Waals surface area contributed by atoms with Gasteiger partial charge in [-0.05, 0) is 50.3 Å². The van der Waals surface area contributed by atoms with Gasteiger partial charge in [0.2, 0.25) is 0 Å². The number of halogens is 6. The van der Waals surface area contributed by atoms with Crippen LogP contribution in [-0.2, 0) is 0 Å². The highest BCUT2D eigenvalue weighted by Gasteiger charge is 2.80. The van der Waals surface area contributed by atoms with E-state index in [-0.39, 0.29) is 21.6 Å². The summed E-state index contributed by atoms with van der Waals surface area (Å²) >= 11 is 1.90. The minimum absolute atomic E-state index is 0.202. The summed E-state index contributed by atoms with van der Waals surface area (Å²) in [4.78, 5) is 0.691. The Morgan fingerprint density at radius 3 is 1.80 bits per heavy atom. The molecule has 2 heterocycles. The van der Waals surface area contributed by atoms with Gasteiger partial charge in [0.1, 0.15) is 0 Å². The van der Waals surface area contributed by atoms with Crippen LogP contribution in [0.15, 0.2) is 11.4 Å². The Balaban J connectivity index is 2.49. The van der Waals surface area contributed by atoms with Crippen LogP contribution in [0, 0.1) is 27.7 Å². The highest BCUT2D eigenvalue weighted by molar-refractivity contribution is 7.13. The fourth-order valence-electron chi connectivity index (χ4n) is 3.20. The Hall–Kier alpha value is -1.28. The zero-order valence-electron chi connectivity index (χ0n) is 13.7. The van der Waals surface area contributed by atoms with E-state index >= 15 is 0 Å². The van der Waals surface area contributed by atoms with Crippen molar-refractivity contribution in [2.45, 2.75) is 45.5 Å². The molecule has 0 saturated carbocycles. The largest absolute Gasteiger partial charge is 0.380 e. The first-order valence-corrected chi connectivity index (χ1v) is 9.04. The zero-order valence-corrected chi connectivity index (χ0v) is 15.4. The molecule has 0 N–H and O–H groups in total. The summed E-state index contributed by atoms with van der Waals surface area (Å²) in [5.41, 5.74) is -2.12. The second-order valence-corrected chi connectivity index (χ2v) is 8.53. The van der Waals surface area contributed by atoms with Crippen LogP contribution in [0.4, 0.5) is 26.3 Å². The summed E-state index contributed by atoms with van der Waals surface area (Å²) in [7, 11) is 0. The Bertz CT molecular complexity index is 866. The third-order valence-corrected chi connectivity index (χ3v) is 6.54. The molecule has 0 unspecified atom stereocenters. The molecule has 25 heavy (non-hydrogen) atoms. The Morgan fingerprint density at radius 1 is 0.800 bits per heavy atom. The first-order chi connectivity index (χ1) is 11.3. The molecule has 0 spiro atoms. The van der Waals surface area contributed by atoms with E-state index in [1.807, 2.05) is 0 Å². The van der Waals surface area contributed by atoms with Crippen LogP contribution in [0.3, 0.4) is 0 Å². The van der Waals surface area contributed by atoms with Gasteiger partial charge in [-0.25, -0.2) is 0 Å². The van der Waals surface area contributed by atoms with E-state index in [9.17, 15) is 26.3 Å². The molecule has 0 atom stereocenters. The Kier molecular flexibility index (Phi) is 3.97. The summed E-state index contributed by atoms with van der Waals surface area (Å²) in [6, 6.07) is 1.53. The molecule has 1 aliphatic rings. The summed E-state index contributed by atoms with van der Waals surface area (Å²) in [5.74, 6) is -15.4. The van der Waals surface area contributed by atoms with Gasteiger partial charge >= 0.3 is 17.8 Å². The average Bonchev–Trinajstić information content (AvgIpc) is 3.00. The maximum atomic E-state index is 14.6. The molecule has 0 radical (unpaired) electrons. The highest BCUT2D eigenvalue weighted by Crippen LogP contribution is 2.66. The van der Waals surface area contributed by atoms with Crippen LogP contribution in [0.2, 0.25) is 0 Å². The van der Waals surface area contributed by atoms with Crippen molar-refractivity contribution < 1.29 is 26.3 Å². The fourth-order valence-corrected chi connectivity index (χ4v) is 5.16. The molecule has 2 aromatic heterocycles. The van der Waals surface area contributed by atoms with Gasteiger partial charge in [0.25, 0.3) is 0 Å². The van der Waals surface area contributed by atoms with Crippen LogP contribution in [-0.4, -0.2) is 17.8 Å². The molecular formula is C17H14F6S2. The van der Waals surface area contributed by atoms with Crippen molar-refractivity contribution in [1.82, 2.24) is 0 Å². The van der Waals surface area contributed by atoms with E-state index in [0.29, 0.717) is 9.75 Å². The molecule has 1 aliphatic carbocycles. The van der Waals surface area contributed by atoms with Crippen molar-refractivity contribution in [2.75, 3.05) is 0 Å². The highest BCUT2D eigenvalue weighted by atomic mass is 32.1. The van der Waals surface area contributed by atoms with Crippen molar-refractivity contribution >= 4 is 33.8 Å². The maximum absolute atomic E-state index is 14.6. The van der Waals surface area contributed by atoms with Gasteiger partial charge in [-0.3, -0.25) is 0 Å². The van der Waals surface area contributed by atoms with Gasteiger partial charge in [-0.1, -0.05) is 0 Å². The summed E-state index contributed by atoms with van der Waals surface area (Å²) in [6.07, 6.45) is 0. The van der Waals surface area contributed by atoms with Crippen LogP contribution in [0.5, 0.6) is 0 Å². The Labute approximate surface area is 148 Å². The molecule has 8 heteroatoms. The van der Waals surface area contributed by atoms with Gasteiger partial charge in [-0.2, -0.15) is 26.3 Å². The lowest BCUT2D eigenvalue weighted by molar-refractivity contribution is -0.254. The van der Waals surface area contributed by atoms with Gasteiger partial charge in [0.15, 0.2) is 0 Å². The molecule has 136 valence electrons. The van der Waals surface area contributed by atoms with E-state index in [1.165, 1.54) is 32.2 Å². The van der Waals surface area contributed by atoms with Crippen molar-refractivity contribution in [1.29, 1.82) is 0 Å². The molecule has 0 bridgehead atoms. The predicted molar refractivity (Wildman–Crippen MR) is 89.2 cm³/mol. The van der Waals surface area contributed by atoms with Crippen LogP contribution in [0.25, 0.3) is 11.1 Å². The standard InChI is InChI=1S/C17H14F6S2/c1-7-5-9(3)25-14(7)13-12(11-8(2)6-24-10(11)4)15(18,19)17(22,23)16(13,20)21/h5-6H,1-4H3. The molecule has 0 nitrogen and oxygen atoms in total. The van der Waals surface area contributed by atoms with Crippen molar-refractivity contribution in [2.24, 2.45) is 0 Å². The van der Waals surface area contributed by atoms with E-state index in [4.69, 9.17) is 0 Å². The number of alkyl halides is 6. The number of allylic oxidation sites excluding steroid dienone is 2. The lowest BCUT2D eigenvalue weighted by atomic mass is 9.95. The lowest BCUT2D eigenvalue weighted by Crippen LogP contribution is -2.48. The number of thiophene rings is 2. The quantitative estimate of drug-likeness (QED) is 0.486. The van der Waals surface area contributed by atoms with E-state index in [2.05, 4.69) is 0 Å². The monoisotopic (exact) mass is 396 g/mol. The number of aryl methyl sites for hydroxylation is 4. The second kappa shape index (κ2) is 5.36. The number of hydrogen-bond acceptors (Lipinski definition) is 2. The van der Waals surface area contributed by atoms with Crippen LogP contribution >= 0.6 is 22.7 Å². The van der Waals surface area contributed by atoms with E-state index in [0.717, 1.165) is 22.7 Å². The zero-order chi connectivity index (χ0) is 18.9. The molecule has 2 aromatic rings. The van der Waals surface area contributed by atoms with Crippen LogP contribution in [0.1, 0.15) is 31.3 Å². The predicted octanol–water partition coefficient (Wildman–Crippen LogP) is 6.87. The van der Waals surface area contributed by atoms with E-state index < -0.39 is 28.9 Å². The van der Waals surface area contributed by atoms with Gasteiger partial charge in [0, 0.05) is 25.8 Å². The summed E-state index contributed by atoms with van der Waals surface area (Å²) < 4.78 is 86.7. The first-order valence-electron chi connectivity index (χ1n) is 7.35. The van der Waals surface area contributed by atoms with Crippen molar-refractivity contribution in [3.05, 3.63) is 42.8 Å². The Morgan fingerprint density at radius 2 is 1.36 bits per heavy atom. The molecule has 0 amide bonds. The molecule has 0 aliphatic heterocycles. The average molecular weight is 396 g/mol. The van der Waals surface area contributed by atoms with E-state index in [1.54, 1.807) is 6.92 Å². The third-order valence-electron chi connectivity index (χ3n) is 4.34. The SMILES string of the molecule is Cc1cc(C)c(C2=C(c3c(C)csc3C)C(F)(F)C(F)(F)C2(F)F)s1. The lowest BCUT2D eigenvalue weighted by Gasteiger charge is -2.25. The molecular weight excluding hydrogens is 382 g/mol. The normalized spacial score (nSPS) is 21.2. The fraction of sp³-hybridized carbons (Fsp3) is 0.412.